The summed E-state index contributed by atoms with van der Waals surface area (Å²) >= 11 is 1.50. The number of anilines is 1. The van der Waals surface area contributed by atoms with Crippen LogP contribution >= 0.6 is 11.3 Å². The highest BCUT2D eigenvalue weighted by Crippen LogP contribution is 2.29. The number of aromatic nitrogens is 1. The Labute approximate surface area is 244 Å². The van der Waals surface area contributed by atoms with E-state index in [4.69, 9.17) is 14.5 Å². The van der Waals surface area contributed by atoms with Crippen LogP contribution in [0.1, 0.15) is 33.5 Å². The molecule has 2 heterocycles. The second-order valence-corrected chi connectivity index (χ2v) is 10.9. The molecular formula is C32H35FN4O3S. The van der Waals surface area contributed by atoms with Crippen LogP contribution in [0.25, 0.3) is 0 Å². The molecule has 3 aromatic carbocycles. The van der Waals surface area contributed by atoms with Crippen LogP contribution in [0.4, 0.5) is 10.1 Å². The third-order valence-corrected chi connectivity index (χ3v) is 7.92. The second-order valence-electron chi connectivity index (χ2n) is 9.93. The van der Waals surface area contributed by atoms with Gasteiger partial charge in [-0.25, -0.2) is 9.37 Å². The van der Waals surface area contributed by atoms with Gasteiger partial charge in [0.05, 0.1) is 25.9 Å². The predicted octanol–water partition coefficient (Wildman–Crippen LogP) is 5.85. The van der Waals surface area contributed by atoms with Crippen LogP contribution < -0.4 is 14.4 Å². The lowest BCUT2D eigenvalue weighted by Crippen LogP contribution is -2.49. The number of rotatable bonds is 11. The largest absolute Gasteiger partial charge is 0.497 e. The molecule has 0 radical (unpaired) electrons. The van der Waals surface area contributed by atoms with Gasteiger partial charge in [0.2, 0.25) is 0 Å². The van der Waals surface area contributed by atoms with Crippen LogP contribution in [0.5, 0.6) is 11.5 Å². The zero-order valence-electron chi connectivity index (χ0n) is 23.5. The molecule has 9 heteroatoms. The van der Waals surface area contributed by atoms with Gasteiger partial charge >= 0.3 is 0 Å². The van der Waals surface area contributed by atoms with Crippen molar-refractivity contribution in [3.8, 4) is 11.5 Å². The number of amides is 1. The Bertz CT molecular complexity index is 1420. The minimum atomic E-state index is -0.252. The molecule has 0 saturated carbocycles. The number of benzene rings is 3. The van der Waals surface area contributed by atoms with Crippen LogP contribution in [0.3, 0.4) is 0 Å². The van der Waals surface area contributed by atoms with Gasteiger partial charge in [0.1, 0.15) is 28.0 Å². The SMILES string of the molecule is CCOc1ccccc1N1CCN(C(=O)c2csc(CN(Cc3ccc(F)cc3)Cc3ccc(OC)cc3)n2)CC1. The lowest BCUT2D eigenvalue weighted by Gasteiger charge is -2.36. The topological polar surface area (TPSA) is 58.1 Å². The number of hydrogen-bond acceptors (Lipinski definition) is 7. The number of piperazine rings is 1. The number of methoxy groups -OCH3 is 1. The standard InChI is InChI=1S/C32H35FN4O3S/c1-3-40-30-7-5-4-6-29(30)36-16-18-37(19-17-36)32(38)28-23-41-31(34-28)22-35(20-24-8-12-26(33)13-9-24)21-25-10-14-27(39-2)15-11-25/h4-15,23H,3,16-22H2,1-2H3. The van der Waals surface area contributed by atoms with E-state index in [2.05, 4.69) is 15.9 Å². The van der Waals surface area contributed by atoms with E-state index >= 15 is 0 Å². The van der Waals surface area contributed by atoms with Crippen molar-refractivity contribution >= 4 is 22.9 Å². The van der Waals surface area contributed by atoms with Gasteiger partial charge in [-0.1, -0.05) is 36.4 Å². The molecule has 214 valence electrons. The Morgan fingerprint density at radius 1 is 0.927 bits per heavy atom. The van der Waals surface area contributed by atoms with Crippen molar-refractivity contribution < 1.29 is 18.7 Å². The fraction of sp³-hybridized carbons (Fsp3) is 0.312. The first kappa shape index (κ1) is 28.6. The smallest absolute Gasteiger partial charge is 0.273 e. The average Bonchev–Trinajstić information content (AvgIpc) is 3.47. The van der Waals surface area contributed by atoms with Crippen molar-refractivity contribution in [1.82, 2.24) is 14.8 Å². The molecule has 0 spiro atoms. The molecule has 1 aromatic heterocycles. The summed E-state index contributed by atoms with van der Waals surface area (Å²) in [6.07, 6.45) is 0. The Kier molecular flexibility index (Phi) is 9.48. The second kappa shape index (κ2) is 13.6. The first-order chi connectivity index (χ1) is 20.0. The summed E-state index contributed by atoms with van der Waals surface area (Å²) in [4.78, 5) is 24.5. The lowest BCUT2D eigenvalue weighted by molar-refractivity contribution is 0.0741. The van der Waals surface area contributed by atoms with Crippen LogP contribution in [-0.4, -0.2) is 60.6 Å². The maximum Gasteiger partial charge on any atom is 0.273 e. The Balaban J connectivity index is 1.23. The first-order valence-electron chi connectivity index (χ1n) is 13.8. The fourth-order valence-corrected chi connectivity index (χ4v) is 5.80. The van der Waals surface area contributed by atoms with E-state index in [-0.39, 0.29) is 11.7 Å². The molecule has 1 amide bonds. The summed E-state index contributed by atoms with van der Waals surface area (Å²) in [6.45, 7) is 7.19. The van der Waals surface area contributed by atoms with Crippen LogP contribution in [-0.2, 0) is 19.6 Å². The number of carbonyl (C=O) groups is 1. The zero-order valence-corrected chi connectivity index (χ0v) is 24.3. The van der Waals surface area contributed by atoms with Gasteiger partial charge in [0, 0.05) is 44.6 Å². The third kappa shape index (κ3) is 7.42. The highest BCUT2D eigenvalue weighted by molar-refractivity contribution is 7.09. The van der Waals surface area contributed by atoms with Gasteiger partial charge in [-0.3, -0.25) is 9.69 Å². The van der Waals surface area contributed by atoms with E-state index in [0.717, 1.165) is 46.4 Å². The molecule has 1 aliphatic heterocycles. The van der Waals surface area contributed by atoms with Crippen LogP contribution in [0, 0.1) is 5.82 Å². The van der Waals surface area contributed by atoms with Gasteiger partial charge in [-0.2, -0.15) is 0 Å². The minimum absolute atomic E-state index is 0.0366. The molecule has 1 aliphatic rings. The molecule has 5 rings (SSSR count). The van der Waals surface area contributed by atoms with Gasteiger partial charge < -0.3 is 19.3 Å². The van der Waals surface area contributed by atoms with E-state index in [1.807, 2.05) is 59.7 Å². The number of para-hydroxylation sites is 2. The third-order valence-electron chi connectivity index (χ3n) is 7.09. The van der Waals surface area contributed by atoms with Gasteiger partial charge in [0.15, 0.2) is 0 Å². The predicted molar refractivity (Wildman–Crippen MR) is 160 cm³/mol. The van der Waals surface area contributed by atoms with Crippen molar-refractivity contribution in [2.24, 2.45) is 0 Å². The van der Waals surface area contributed by atoms with Crippen molar-refractivity contribution in [1.29, 1.82) is 0 Å². The van der Waals surface area contributed by atoms with Crippen LogP contribution in [0.15, 0.2) is 78.2 Å². The van der Waals surface area contributed by atoms with Gasteiger partial charge in [0.25, 0.3) is 5.91 Å². The number of carbonyl (C=O) groups excluding carboxylic acids is 1. The van der Waals surface area contributed by atoms with Crippen molar-refractivity contribution in [3.05, 3.63) is 106 Å². The highest BCUT2D eigenvalue weighted by atomic mass is 32.1. The molecule has 4 aromatic rings. The van der Waals surface area contributed by atoms with Gasteiger partial charge in [-0.15, -0.1) is 11.3 Å². The summed E-state index contributed by atoms with van der Waals surface area (Å²) < 4.78 is 24.6. The first-order valence-corrected chi connectivity index (χ1v) is 14.7. The van der Waals surface area contributed by atoms with Gasteiger partial charge in [-0.05, 0) is 54.4 Å². The average molecular weight is 575 g/mol. The van der Waals surface area contributed by atoms with Crippen molar-refractivity contribution in [3.63, 3.8) is 0 Å². The molecule has 0 atom stereocenters. The summed E-state index contributed by atoms with van der Waals surface area (Å²) in [5.41, 5.74) is 3.69. The van der Waals surface area contributed by atoms with Crippen LogP contribution in [0.2, 0.25) is 0 Å². The van der Waals surface area contributed by atoms with E-state index in [1.165, 1.54) is 23.5 Å². The summed E-state index contributed by atoms with van der Waals surface area (Å²) in [7, 11) is 1.65. The fourth-order valence-electron chi connectivity index (χ4n) is 4.99. The molecule has 0 unspecified atom stereocenters. The number of nitrogens with zero attached hydrogens (tertiary/aromatic N) is 4. The summed E-state index contributed by atoms with van der Waals surface area (Å²) in [5.74, 6) is 1.39. The molecule has 1 saturated heterocycles. The van der Waals surface area contributed by atoms with Crippen molar-refractivity contribution in [2.75, 3.05) is 44.8 Å². The Hall–Kier alpha value is -3.95. The molecule has 0 bridgehead atoms. The number of ether oxygens (including phenoxy) is 2. The monoisotopic (exact) mass is 574 g/mol. The summed E-state index contributed by atoms with van der Waals surface area (Å²) in [6, 6.07) is 22.6. The quantitative estimate of drug-likeness (QED) is 0.224. The van der Waals surface area contributed by atoms with E-state index in [0.29, 0.717) is 45.0 Å². The Morgan fingerprint density at radius 3 is 2.24 bits per heavy atom. The number of hydrogen-bond donors (Lipinski definition) is 0. The maximum absolute atomic E-state index is 13.5. The minimum Gasteiger partial charge on any atom is -0.497 e. The molecule has 0 aliphatic carbocycles. The maximum atomic E-state index is 13.5. The van der Waals surface area contributed by atoms with Crippen molar-refractivity contribution in [2.45, 2.75) is 26.6 Å². The van der Waals surface area contributed by atoms with E-state index in [9.17, 15) is 9.18 Å². The normalized spacial score (nSPS) is 13.5. The molecule has 41 heavy (non-hydrogen) atoms. The summed E-state index contributed by atoms with van der Waals surface area (Å²) in [5, 5.41) is 2.73. The lowest BCUT2D eigenvalue weighted by atomic mass is 10.1. The highest BCUT2D eigenvalue weighted by Gasteiger charge is 2.25. The molecule has 7 nitrogen and oxygen atoms in total. The van der Waals surface area contributed by atoms with E-state index < -0.39 is 0 Å². The molecule has 1 fully saturated rings. The number of halogens is 1. The molecular weight excluding hydrogens is 539 g/mol. The number of thiazole rings is 1. The van der Waals surface area contributed by atoms with E-state index in [1.54, 1.807) is 19.2 Å². The Morgan fingerprint density at radius 2 is 1.59 bits per heavy atom. The zero-order chi connectivity index (χ0) is 28.6. The molecule has 0 N–H and O–H groups in total.